The smallest absolute Gasteiger partial charge is 0.490 e. The average molecular weight is 656 g/mol. The SMILES string of the molecule is Cc1nnc(NC(=O)C[n+]2ccc(CN3CCC(=CC4=C(C(=O)[O-])N5C(=O)[C@@H](N)[C@H]5SC4)C3=O)cc2)s1.O=C(O)C(F)(F)F. The summed E-state index contributed by atoms with van der Waals surface area (Å²) in [5, 5.41) is 30.1. The van der Waals surface area contributed by atoms with Crippen LogP contribution in [0.1, 0.15) is 17.0 Å². The Hall–Kier alpha value is -4.36. The van der Waals surface area contributed by atoms with Gasteiger partial charge in [-0.3, -0.25) is 24.6 Å². The van der Waals surface area contributed by atoms with Gasteiger partial charge in [0.15, 0.2) is 12.4 Å². The molecule has 2 saturated heterocycles. The summed E-state index contributed by atoms with van der Waals surface area (Å²) in [5.74, 6) is -4.75. The molecule has 0 spiro atoms. The number of carbonyl (C=O) groups excluding carboxylic acids is 4. The number of carbonyl (C=O) groups is 5. The molecular weight excluding hydrogens is 631 g/mol. The second-order valence-electron chi connectivity index (χ2n) is 9.60. The van der Waals surface area contributed by atoms with Crippen LogP contribution in [0.15, 0.2) is 47.4 Å². The van der Waals surface area contributed by atoms with Gasteiger partial charge < -0.3 is 25.6 Å². The lowest BCUT2D eigenvalue weighted by Gasteiger charge is -2.49. The lowest BCUT2D eigenvalue weighted by atomic mass is 10.0. The number of hydrogen-bond donors (Lipinski definition) is 3. The summed E-state index contributed by atoms with van der Waals surface area (Å²) < 4.78 is 33.5. The van der Waals surface area contributed by atoms with Gasteiger partial charge in [-0.05, 0) is 30.6 Å². The molecule has 14 nitrogen and oxygen atoms in total. The highest BCUT2D eigenvalue weighted by Gasteiger charge is 2.50. The monoisotopic (exact) mass is 655 g/mol. The number of amides is 3. The first kappa shape index (κ1) is 32.6. The quantitative estimate of drug-likeness (QED) is 0.194. The molecule has 0 aliphatic carbocycles. The van der Waals surface area contributed by atoms with E-state index in [9.17, 15) is 37.5 Å². The maximum atomic E-state index is 13.0. The van der Waals surface area contributed by atoms with Crippen LogP contribution in [-0.2, 0) is 37.1 Å². The lowest BCUT2D eigenvalue weighted by Crippen LogP contribution is -2.69. The van der Waals surface area contributed by atoms with E-state index in [1.165, 1.54) is 23.1 Å². The predicted molar refractivity (Wildman–Crippen MR) is 145 cm³/mol. The van der Waals surface area contributed by atoms with Gasteiger partial charge in [0.2, 0.25) is 23.5 Å². The Kier molecular flexibility index (Phi) is 9.69. The van der Waals surface area contributed by atoms with Crippen molar-refractivity contribution in [1.29, 1.82) is 0 Å². The van der Waals surface area contributed by atoms with E-state index < -0.39 is 35.4 Å². The van der Waals surface area contributed by atoms with Gasteiger partial charge in [0.05, 0.1) is 11.7 Å². The van der Waals surface area contributed by atoms with Gasteiger partial charge in [-0.15, -0.1) is 22.0 Å². The van der Waals surface area contributed by atoms with E-state index >= 15 is 0 Å². The molecule has 0 saturated carbocycles. The first-order valence-corrected chi connectivity index (χ1v) is 14.5. The highest BCUT2D eigenvalue weighted by Crippen LogP contribution is 2.40. The molecule has 3 aliphatic rings. The number of fused-ring (bicyclic) bond motifs is 1. The number of anilines is 1. The molecule has 44 heavy (non-hydrogen) atoms. The van der Waals surface area contributed by atoms with Crippen LogP contribution in [0.5, 0.6) is 0 Å². The number of carboxylic acids is 2. The number of hydrogen-bond acceptors (Lipinski definition) is 11. The number of rotatable bonds is 7. The molecule has 2 aromatic rings. The van der Waals surface area contributed by atoms with Crippen LogP contribution in [0.3, 0.4) is 0 Å². The summed E-state index contributed by atoms with van der Waals surface area (Å²) >= 11 is 2.67. The zero-order valence-electron chi connectivity index (χ0n) is 22.7. The van der Waals surface area contributed by atoms with E-state index in [-0.39, 0.29) is 24.1 Å². The number of nitrogens with one attached hydrogen (secondary N) is 1. The number of aliphatic carboxylic acids is 2. The standard InChI is InChI=1S/C23H23N7O5S2.C2HF3O2/c1-12-26-27-23(37-12)25-16(31)10-28-5-2-13(3-6-28)9-29-7-4-14(19(29)32)8-15-11-36-21-17(24)20(33)30(21)18(15)22(34)35;3-2(4,5)1(6)7/h2-3,5-6,8,17,21H,4,7,9-11,24H2,1H3,(H-,25,27,31,34,35);(H,6,7)/t17-,21-;/m1./s1. The summed E-state index contributed by atoms with van der Waals surface area (Å²) in [6.07, 6.45) is 0.477. The molecule has 234 valence electrons. The molecule has 19 heteroatoms. The molecule has 5 rings (SSSR count). The van der Waals surface area contributed by atoms with E-state index in [0.29, 0.717) is 41.5 Å². The molecule has 2 atom stereocenters. The second-order valence-corrected chi connectivity index (χ2v) is 11.9. The van der Waals surface area contributed by atoms with Crippen LogP contribution < -0.4 is 20.7 Å². The molecule has 0 bridgehead atoms. The summed E-state index contributed by atoms with van der Waals surface area (Å²) in [7, 11) is 0. The first-order valence-electron chi connectivity index (χ1n) is 12.7. The minimum absolute atomic E-state index is 0.105. The average Bonchev–Trinajstić information content (AvgIpc) is 3.52. The van der Waals surface area contributed by atoms with Crippen molar-refractivity contribution in [1.82, 2.24) is 20.0 Å². The number of aromatic nitrogens is 3. The number of carboxylic acid groups (broad SMARTS) is 2. The van der Waals surface area contributed by atoms with Gasteiger partial charge >= 0.3 is 12.1 Å². The fraction of sp³-hybridized carbons (Fsp3) is 0.360. The molecule has 0 radical (unpaired) electrons. The Morgan fingerprint density at radius 1 is 1.25 bits per heavy atom. The minimum Gasteiger partial charge on any atom is -0.543 e. The van der Waals surface area contributed by atoms with Gasteiger partial charge in [-0.2, -0.15) is 17.7 Å². The van der Waals surface area contributed by atoms with Crippen LogP contribution in [0.25, 0.3) is 0 Å². The molecule has 2 aromatic heterocycles. The Labute approximate surface area is 255 Å². The van der Waals surface area contributed by atoms with E-state index in [4.69, 9.17) is 15.6 Å². The highest BCUT2D eigenvalue weighted by molar-refractivity contribution is 8.00. The van der Waals surface area contributed by atoms with Crippen molar-refractivity contribution in [2.24, 2.45) is 5.73 Å². The number of alkyl halides is 3. The van der Waals surface area contributed by atoms with Crippen molar-refractivity contribution < 1.29 is 51.9 Å². The summed E-state index contributed by atoms with van der Waals surface area (Å²) in [6.45, 7) is 2.77. The molecule has 3 amide bonds. The van der Waals surface area contributed by atoms with E-state index in [0.717, 1.165) is 15.5 Å². The third kappa shape index (κ3) is 7.40. The molecule has 2 fully saturated rings. The lowest BCUT2D eigenvalue weighted by molar-refractivity contribution is -0.684. The number of halogens is 3. The Bertz CT molecular complexity index is 1560. The van der Waals surface area contributed by atoms with Crippen molar-refractivity contribution in [3.8, 4) is 0 Å². The topological polar surface area (TPSA) is 203 Å². The van der Waals surface area contributed by atoms with Crippen molar-refractivity contribution in [3.05, 3.63) is 58.0 Å². The van der Waals surface area contributed by atoms with Crippen LogP contribution in [0, 0.1) is 6.92 Å². The van der Waals surface area contributed by atoms with Crippen molar-refractivity contribution in [2.45, 2.75) is 44.0 Å². The predicted octanol–water partition coefficient (Wildman–Crippen LogP) is -0.689. The van der Waals surface area contributed by atoms with E-state index in [2.05, 4.69) is 15.5 Å². The number of aryl methyl sites for hydroxylation is 1. The van der Waals surface area contributed by atoms with E-state index in [1.54, 1.807) is 27.9 Å². The number of nitrogens with zero attached hydrogens (tertiary/aromatic N) is 5. The third-order valence-corrected chi connectivity index (χ3v) is 8.55. The fourth-order valence-corrected chi connectivity index (χ4v) is 6.25. The molecule has 4 N–H and O–H groups in total. The molecule has 0 unspecified atom stereocenters. The van der Waals surface area contributed by atoms with Crippen molar-refractivity contribution in [3.63, 3.8) is 0 Å². The van der Waals surface area contributed by atoms with Gasteiger partial charge in [-0.1, -0.05) is 11.3 Å². The zero-order chi connectivity index (χ0) is 32.3. The fourth-order valence-electron chi connectivity index (χ4n) is 4.39. The number of pyridine rings is 1. The minimum atomic E-state index is -5.08. The van der Waals surface area contributed by atoms with Gasteiger partial charge in [-0.25, -0.2) is 4.79 Å². The van der Waals surface area contributed by atoms with E-state index in [1.807, 2.05) is 19.1 Å². The third-order valence-electron chi connectivity index (χ3n) is 6.47. The van der Waals surface area contributed by atoms with Crippen LogP contribution in [-0.4, -0.2) is 84.7 Å². The summed E-state index contributed by atoms with van der Waals surface area (Å²) in [5.41, 5.74) is 7.33. The number of thioether (sulfide) groups is 1. The zero-order valence-corrected chi connectivity index (χ0v) is 24.4. The molecule has 0 aromatic carbocycles. The number of β-lactam (4-membered cyclic amide) rings is 1. The largest absolute Gasteiger partial charge is 0.543 e. The highest BCUT2D eigenvalue weighted by atomic mass is 32.2. The summed E-state index contributed by atoms with van der Waals surface area (Å²) in [6, 6.07) is 2.95. The first-order chi connectivity index (χ1) is 20.6. The second kappa shape index (κ2) is 13.1. The van der Waals surface area contributed by atoms with Crippen molar-refractivity contribution in [2.75, 3.05) is 17.6 Å². The van der Waals surface area contributed by atoms with Gasteiger partial charge in [0, 0.05) is 36.5 Å². The maximum Gasteiger partial charge on any atom is 0.490 e. The Balaban J connectivity index is 0.000000566. The van der Waals surface area contributed by atoms with Crippen LogP contribution in [0.2, 0.25) is 0 Å². The Morgan fingerprint density at radius 2 is 1.91 bits per heavy atom. The van der Waals surface area contributed by atoms with Crippen LogP contribution in [0.4, 0.5) is 18.3 Å². The maximum absolute atomic E-state index is 13.0. The summed E-state index contributed by atoms with van der Waals surface area (Å²) in [4.78, 5) is 60.9. The number of likely N-dealkylation sites (tertiary alicyclic amines) is 1. The molecule has 5 heterocycles. The Morgan fingerprint density at radius 3 is 2.48 bits per heavy atom. The van der Waals surface area contributed by atoms with Crippen molar-refractivity contribution >= 4 is 57.9 Å². The van der Waals surface area contributed by atoms with Crippen LogP contribution >= 0.6 is 23.1 Å². The normalized spacial score (nSPS) is 20.6. The number of allylic oxidation sites excluding steroid dienone is 1. The number of nitrogens with two attached hydrogens (primary N) is 1. The van der Waals surface area contributed by atoms with Gasteiger partial charge in [0.25, 0.3) is 5.91 Å². The van der Waals surface area contributed by atoms with Gasteiger partial charge in [0.1, 0.15) is 16.4 Å². The molecule has 3 aliphatic heterocycles. The molecular formula is C25H24F3N7O7S2.